The molecule has 1 atom stereocenters. The highest BCUT2D eigenvalue weighted by molar-refractivity contribution is 5.79. The maximum absolute atomic E-state index is 5.54. The van der Waals surface area contributed by atoms with E-state index in [1.807, 2.05) is 36.1 Å². The van der Waals surface area contributed by atoms with Gasteiger partial charge in [0.25, 0.3) is 0 Å². The Labute approximate surface area is 172 Å². The van der Waals surface area contributed by atoms with Crippen LogP contribution in [0.4, 0.5) is 0 Å². The number of nitrogens with zero attached hydrogens (tertiary/aromatic N) is 4. The maximum atomic E-state index is 5.54. The van der Waals surface area contributed by atoms with Crippen LogP contribution in [-0.2, 0) is 11.3 Å². The molecule has 2 heterocycles. The van der Waals surface area contributed by atoms with Gasteiger partial charge < -0.3 is 20.1 Å². The van der Waals surface area contributed by atoms with Gasteiger partial charge in [-0.15, -0.1) is 0 Å². The zero-order chi connectivity index (χ0) is 20.5. The van der Waals surface area contributed by atoms with Crippen LogP contribution in [0.3, 0.4) is 0 Å². The number of rotatable bonds is 8. The minimum absolute atomic E-state index is 0.233. The van der Waals surface area contributed by atoms with Gasteiger partial charge in [0, 0.05) is 39.4 Å². The fourth-order valence-electron chi connectivity index (χ4n) is 3.47. The lowest BCUT2D eigenvalue weighted by atomic mass is 10.0. The molecule has 8 heteroatoms. The molecule has 0 amide bonds. The number of hydrogen-bond acceptors (Lipinski definition) is 5. The Morgan fingerprint density at radius 1 is 1.24 bits per heavy atom. The predicted molar refractivity (Wildman–Crippen MR) is 114 cm³/mol. The molecule has 1 aliphatic heterocycles. The van der Waals surface area contributed by atoms with E-state index in [0.717, 1.165) is 57.6 Å². The van der Waals surface area contributed by atoms with Gasteiger partial charge in [0.1, 0.15) is 5.75 Å². The van der Waals surface area contributed by atoms with E-state index < -0.39 is 0 Å². The van der Waals surface area contributed by atoms with Crippen molar-refractivity contribution in [3.8, 4) is 5.75 Å². The SMILES string of the molecule is CN=C(NCCn1cc(C)cn1)NCC(c1ccc(OC)cc1)N1CCOCC1. The molecule has 0 aliphatic carbocycles. The van der Waals surface area contributed by atoms with E-state index >= 15 is 0 Å². The third-order valence-electron chi connectivity index (χ3n) is 5.07. The lowest BCUT2D eigenvalue weighted by Crippen LogP contribution is -2.46. The summed E-state index contributed by atoms with van der Waals surface area (Å²) in [6.07, 6.45) is 3.91. The van der Waals surface area contributed by atoms with E-state index in [4.69, 9.17) is 9.47 Å². The first kappa shape index (κ1) is 21.1. The molecule has 158 valence electrons. The molecular formula is C21H32N6O2. The summed E-state index contributed by atoms with van der Waals surface area (Å²) in [5.41, 5.74) is 2.42. The van der Waals surface area contributed by atoms with E-state index in [2.05, 4.69) is 37.8 Å². The molecule has 1 aromatic carbocycles. The van der Waals surface area contributed by atoms with E-state index in [9.17, 15) is 0 Å². The normalized spacial score (nSPS) is 16.4. The van der Waals surface area contributed by atoms with E-state index in [1.165, 1.54) is 11.1 Å². The second-order valence-electron chi connectivity index (χ2n) is 7.10. The van der Waals surface area contributed by atoms with Crippen molar-refractivity contribution in [3.05, 3.63) is 47.8 Å². The number of nitrogens with one attached hydrogen (secondary N) is 2. The second-order valence-corrected chi connectivity index (χ2v) is 7.10. The number of ether oxygens (including phenoxy) is 2. The molecule has 29 heavy (non-hydrogen) atoms. The van der Waals surface area contributed by atoms with Gasteiger partial charge in [-0.1, -0.05) is 12.1 Å². The summed E-state index contributed by atoms with van der Waals surface area (Å²) >= 11 is 0. The Morgan fingerprint density at radius 3 is 2.62 bits per heavy atom. The van der Waals surface area contributed by atoms with Gasteiger partial charge in [-0.3, -0.25) is 14.6 Å². The van der Waals surface area contributed by atoms with Crippen LogP contribution in [0.5, 0.6) is 5.75 Å². The second kappa shape index (κ2) is 10.8. The number of aliphatic imine (C=N–C) groups is 1. The van der Waals surface area contributed by atoms with Crippen molar-refractivity contribution < 1.29 is 9.47 Å². The van der Waals surface area contributed by atoms with Crippen molar-refractivity contribution in [2.75, 3.05) is 53.6 Å². The summed E-state index contributed by atoms with van der Waals surface area (Å²) < 4.78 is 12.8. The first-order valence-corrected chi connectivity index (χ1v) is 10.1. The quantitative estimate of drug-likeness (QED) is 0.516. The zero-order valence-corrected chi connectivity index (χ0v) is 17.6. The number of aromatic nitrogens is 2. The first-order valence-electron chi connectivity index (χ1n) is 10.1. The van der Waals surface area contributed by atoms with Gasteiger partial charge in [-0.2, -0.15) is 5.10 Å². The van der Waals surface area contributed by atoms with Crippen molar-refractivity contribution in [3.63, 3.8) is 0 Å². The van der Waals surface area contributed by atoms with Gasteiger partial charge >= 0.3 is 0 Å². The van der Waals surface area contributed by atoms with Gasteiger partial charge in [-0.25, -0.2) is 0 Å². The summed E-state index contributed by atoms with van der Waals surface area (Å²) in [5.74, 6) is 1.66. The number of guanidine groups is 1. The summed E-state index contributed by atoms with van der Waals surface area (Å²) in [6.45, 7) is 7.72. The molecule has 8 nitrogen and oxygen atoms in total. The molecule has 1 fully saturated rings. The van der Waals surface area contributed by atoms with Crippen LogP contribution in [0, 0.1) is 6.92 Å². The van der Waals surface area contributed by atoms with Crippen molar-refractivity contribution in [1.82, 2.24) is 25.3 Å². The first-order chi connectivity index (χ1) is 14.2. The molecule has 1 aromatic heterocycles. The van der Waals surface area contributed by atoms with Crippen LogP contribution < -0.4 is 15.4 Å². The topological polar surface area (TPSA) is 75.9 Å². The Morgan fingerprint density at radius 2 is 2.00 bits per heavy atom. The summed E-state index contributed by atoms with van der Waals surface area (Å²) in [5, 5.41) is 11.2. The number of morpholine rings is 1. The van der Waals surface area contributed by atoms with E-state index in [-0.39, 0.29) is 6.04 Å². The highest BCUT2D eigenvalue weighted by Gasteiger charge is 2.23. The largest absolute Gasteiger partial charge is 0.497 e. The van der Waals surface area contributed by atoms with Crippen molar-refractivity contribution in [2.45, 2.75) is 19.5 Å². The van der Waals surface area contributed by atoms with Crippen LogP contribution in [0.1, 0.15) is 17.2 Å². The van der Waals surface area contributed by atoms with Gasteiger partial charge in [-0.05, 0) is 30.2 Å². The Hall–Kier alpha value is -2.58. The van der Waals surface area contributed by atoms with Gasteiger partial charge in [0.2, 0.25) is 0 Å². The molecule has 0 radical (unpaired) electrons. The molecule has 3 rings (SSSR count). The van der Waals surface area contributed by atoms with Gasteiger partial charge in [0.05, 0.1) is 39.1 Å². The Bertz CT molecular complexity index is 768. The highest BCUT2D eigenvalue weighted by Crippen LogP contribution is 2.23. The third-order valence-corrected chi connectivity index (χ3v) is 5.07. The lowest BCUT2D eigenvalue weighted by Gasteiger charge is -2.35. The van der Waals surface area contributed by atoms with Crippen molar-refractivity contribution >= 4 is 5.96 Å². The molecule has 1 aliphatic rings. The predicted octanol–water partition coefficient (Wildman–Crippen LogP) is 1.44. The maximum Gasteiger partial charge on any atom is 0.191 e. The molecular weight excluding hydrogens is 368 g/mol. The van der Waals surface area contributed by atoms with Crippen molar-refractivity contribution in [1.29, 1.82) is 0 Å². The number of methoxy groups -OCH3 is 1. The molecule has 1 saturated heterocycles. The monoisotopic (exact) mass is 400 g/mol. The van der Waals surface area contributed by atoms with Crippen molar-refractivity contribution in [2.24, 2.45) is 4.99 Å². The number of benzene rings is 1. The fourth-order valence-corrected chi connectivity index (χ4v) is 3.47. The van der Waals surface area contributed by atoms with Crippen LogP contribution in [0.25, 0.3) is 0 Å². The average Bonchev–Trinajstić information content (AvgIpc) is 3.18. The minimum Gasteiger partial charge on any atom is -0.497 e. The highest BCUT2D eigenvalue weighted by atomic mass is 16.5. The third kappa shape index (κ3) is 6.20. The lowest BCUT2D eigenvalue weighted by molar-refractivity contribution is 0.0170. The Kier molecular flexibility index (Phi) is 7.89. The van der Waals surface area contributed by atoms with E-state index in [0.29, 0.717) is 0 Å². The van der Waals surface area contributed by atoms with Crippen LogP contribution in [-0.4, -0.2) is 74.2 Å². The average molecular weight is 401 g/mol. The van der Waals surface area contributed by atoms with Crippen LogP contribution >= 0.6 is 0 Å². The fraction of sp³-hybridized carbons (Fsp3) is 0.524. The molecule has 2 aromatic rings. The number of aryl methyl sites for hydroxylation is 1. The van der Waals surface area contributed by atoms with Gasteiger partial charge in [0.15, 0.2) is 5.96 Å². The smallest absolute Gasteiger partial charge is 0.191 e. The van der Waals surface area contributed by atoms with Crippen LogP contribution in [0.15, 0.2) is 41.7 Å². The molecule has 0 spiro atoms. The summed E-state index contributed by atoms with van der Waals surface area (Å²) in [7, 11) is 3.49. The molecule has 0 bridgehead atoms. The molecule has 2 N–H and O–H groups in total. The van der Waals surface area contributed by atoms with Crippen LogP contribution in [0.2, 0.25) is 0 Å². The minimum atomic E-state index is 0.233. The molecule has 1 unspecified atom stereocenters. The standard InChI is InChI=1S/C21H32N6O2/c1-17-14-25-27(16-17)9-8-23-21(22-2)24-15-20(26-10-12-29-13-11-26)18-4-6-19(28-3)7-5-18/h4-7,14,16,20H,8-13,15H2,1-3H3,(H2,22,23,24). The summed E-state index contributed by atoms with van der Waals surface area (Å²) in [4.78, 5) is 6.82. The van der Waals surface area contributed by atoms with E-state index in [1.54, 1.807) is 14.2 Å². The molecule has 0 saturated carbocycles. The number of hydrogen-bond donors (Lipinski definition) is 2. The summed E-state index contributed by atoms with van der Waals surface area (Å²) in [6, 6.07) is 8.54. The Balaban J connectivity index is 1.58. The zero-order valence-electron chi connectivity index (χ0n) is 17.6.